The van der Waals surface area contributed by atoms with Crippen molar-refractivity contribution in [2.24, 2.45) is 23.7 Å². The third kappa shape index (κ3) is 6.28. The molecule has 0 saturated heterocycles. The van der Waals surface area contributed by atoms with Crippen molar-refractivity contribution < 1.29 is 0 Å². The fourth-order valence-electron chi connectivity index (χ4n) is 14.0. The summed E-state index contributed by atoms with van der Waals surface area (Å²) in [5.74, 6) is 2.53. The fraction of sp³-hybridized carbons (Fsp3) is 0.262. The lowest BCUT2D eigenvalue weighted by Gasteiger charge is -2.39. The van der Waals surface area contributed by atoms with E-state index in [2.05, 4.69) is 224 Å². The molecule has 0 radical (unpaired) electrons. The SMILES string of the molecule is CC1C2=C(CCC=C2)c2ccc(N(c3ccccc3)c3cccc4c3C3C=CC=CC3C43c4ccccc4-c4ccc(N(C5=CC(C6CC=CCC6)CC=C5)C5C=CC=CC5)cc43)cc2C1C. The van der Waals surface area contributed by atoms with Crippen LogP contribution in [0.25, 0.3) is 16.7 Å². The van der Waals surface area contributed by atoms with Crippen LogP contribution in [0.4, 0.5) is 22.7 Å². The summed E-state index contributed by atoms with van der Waals surface area (Å²) in [5, 5.41) is 0. The van der Waals surface area contributed by atoms with Gasteiger partial charge in [-0.15, -0.1) is 0 Å². The van der Waals surface area contributed by atoms with E-state index in [1.807, 2.05) is 0 Å². The first-order chi connectivity index (χ1) is 33.1. The highest BCUT2D eigenvalue weighted by Gasteiger charge is 2.58. The summed E-state index contributed by atoms with van der Waals surface area (Å²) >= 11 is 0. The van der Waals surface area contributed by atoms with Crippen molar-refractivity contribution in [2.45, 2.75) is 82.1 Å². The van der Waals surface area contributed by atoms with Crippen LogP contribution in [-0.4, -0.2) is 6.04 Å². The van der Waals surface area contributed by atoms with Crippen LogP contribution in [0.15, 0.2) is 212 Å². The summed E-state index contributed by atoms with van der Waals surface area (Å²) in [6.07, 6.45) is 44.1. The van der Waals surface area contributed by atoms with Gasteiger partial charge in [0.15, 0.2) is 0 Å². The molecule has 0 bridgehead atoms. The Balaban J connectivity index is 1.01. The molecule has 0 saturated carbocycles. The number of hydrogen-bond acceptors (Lipinski definition) is 2. The van der Waals surface area contributed by atoms with Crippen LogP contribution in [0.3, 0.4) is 0 Å². The molecule has 0 aliphatic heterocycles. The van der Waals surface area contributed by atoms with Gasteiger partial charge in [0.2, 0.25) is 0 Å². The molecule has 8 aliphatic rings. The van der Waals surface area contributed by atoms with E-state index in [1.165, 1.54) is 97.8 Å². The van der Waals surface area contributed by atoms with Crippen LogP contribution in [0.2, 0.25) is 0 Å². The van der Waals surface area contributed by atoms with Crippen molar-refractivity contribution in [3.05, 3.63) is 245 Å². The normalized spacial score (nSPS) is 27.9. The molecular weight excluding hydrogens is 809 g/mol. The summed E-state index contributed by atoms with van der Waals surface area (Å²) < 4.78 is 0. The standard InChI is InChI=1S/C65H60N2/c1-43-44(2)58-41-50(36-38-54(58)53-29-13-12-28-52(43)53)67(48-25-10-5-11-26-48)63-35-19-34-61-64(63)57-31-15-17-33-60(57)65(61)59-32-16-14-30-55(59)56-39-37-51(42-62(56)65)66(47-23-8-4-9-24-47)49-27-18-22-46(40-49)45-20-6-3-7-21-45/h3-6,8-12,14-19,23,25-28,30-47,57,60H,7,13,20-22,24,29H2,1-2H3. The van der Waals surface area contributed by atoms with Crippen LogP contribution in [0.1, 0.15) is 104 Å². The summed E-state index contributed by atoms with van der Waals surface area (Å²) in [7, 11) is 0. The number of allylic oxidation sites excluding steroid dienone is 15. The molecule has 67 heavy (non-hydrogen) atoms. The van der Waals surface area contributed by atoms with Gasteiger partial charge in [-0.05, 0) is 173 Å². The Bertz CT molecular complexity index is 3090. The van der Waals surface area contributed by atoms with E-state index in [-0.39, 0.29) is 23.3 Å². The summed E-state index contributed by atoms with van der Waals surface area (Å²) in [6.45, 7) is 4.88. The van der Waals surface area contributed by atoms with Crippen molar-refractivity contribution in [3.63, 3.8) is 0 Å². The molecule has 2 nitrogen and oxygen atoms in total. The van der Waals surface area contributed by atoms with Crippen molar-refractivity contribution in [2.75, 3.05) is 9.80 Å². The van der Waals surface area contributed by atoms with E-state index in [9.17, 15) is 0 Å². The second-order valence-electron chi connectivity index (χ2n) is 20.5. The van der Waals surface area contributed by atoms with Gasteiger partial charge in [-0.3, -0.25) is 0 Å². The highest BCUT2D eigenvalue weighted by atomic mass is 15.2. The zero-order chi connectivity index (χ0) is 44.6. The monoisotopic (exact) mass is 868 g/mol. The summed E-state index contributed by atoms with van der Waals surface area (Å²) in [5.41, 5.74) is 20.4. The van der Waals surface area contributed by atoms with Crippen molar-refractivity contribution in [1.82, 2.24) is 0 Å². The maximum Gasteiger partial charge on any atom is 0.0559 e. The van der Waals surface area contributed by atoms with Gasteiger partial charge in [-0.25, -0.2) is 0 Å². The Hall–Kier alpha value is -6.64. The zero-order valence-corrected chi connectivity index (χ0v) is 38.9. The largest absolute Gasteiger partial charge is 0.335 e. The number of anilines is 4. The average molecular weight is 869 g/mol. The number of rotatable bonds is 7. The summed E-state index contributed by atoms with van der Waals surface area (Å²) in [4.78, 5) is 5.27. The molecule has 0 amide bonds. The second kappa shape index (κ2) is 16.3. The minimum Gasteiger partial charge on any atom is -0.335 e. The van der Waals surface area contributed by atoms with Crippen molar-refractivity contribution in [3.8, 4) is 11.1 Å². The van der Waals surface area contributed by atoms with Gasteiger partial charge in [0.25, 0.3) is 0 Å². The number of benzene rings is 5. The minimum absolute atomic E-state index is 0.181. The second-order valence-corrected chi connectivity index (χ2v) is 20.5. The van der Waals surface area contributed by atoms with Gasteiger partial charge in [0.05, 0.1) is 17.1 Å². The lowest BCUT2D eigenvalue weighted by molar-refractivity contribution is 0.363. The molecule has 330 valence electrons. The highest BCUT2D eigenvalue weighted by molar-refractivity contribution is 5.91. The Morgan fingerprint density at radius 2 is 1.39 bits per heavy atom. The summed E-state index contributed by atoms with van der Waals surface area (Å²) in [6, 6.07) is 43.0. The molecule has 5 aromatic rings. The quantitative estimate of drug-likeness (QED) is 0.150. The molecule has 8 unspecified atom stereocenters. The average Bonchev–Trinajstić information content (AvgIpc) is 3.87. The number of fused-ring (bicyclic) bond motifs is 12. The Kier molecular flexibility index (Phi) is 9.88. The van der Waals surface area contributed by atoms with Crippen LogP contribution in [0, 0.1) is 23.7 Å². The molecule has 0 N–H and O–H groups in total. The van der Waals surface area contributed by atoms with Gasteiger partial charge < -0.3 is 9.80 Å². The zero-order valence-electron chi connectivity index (χ0n) is 38.9. The predicted octanol–water partition coefficient (Wildman–Crippen LogP) is 16.7. The molecule has 0 aromatic heterocycles. The van der Waals surface area contributed by atoms with Crippen LogP contribution < -0.4 is 9.80 Å². The smallest absolute Gasteiger partial charge is 0.0559 e. The lowest BCUT2D eigenvalue weighted by atomic mass is 9.65. The third-order valence-electron chi connectivity index (χ3n) is 17.2. The van der Waals surface area contributed by atoms with Gasteiger partial charge in [-0.2, -0.15) is 0 Å². The first-order valence-electron chi connectivity index (χ1n) is 25.4. The molecule has 8 atom stereocenters. The molecule has 8 aliphatic carbocycles. The maximum atomic E-state index is 2.68. The molecule has 0 fully saturated rings. The number of hydrogen-bond donors (Lipinski definition) is 0. The van der Waals surface area contributed by atoms with E-state index in [0.29, 0.717) is 23.7 Å². The Morgan fingerprint density at radius 1 is 0.567 bits per heavy atom. The van der Waals surface area contributed by atoms with E-state index in [4.69, 9.17) is 0 Å². The van der Waals surface area contributed by atoms with Gasteiger partial charge >= 0.3 is 0 Å². The van der Waals surface area contributed by atoms with Crippen LogP contribution in [0.5, 0.6) is 0 Å². The van der Waals surface area contributed by atoms with Crippen LogP contribution in [-0.2, 0) is 5.41 Å². The first-order valence-corrected chi connectivity index (χ1v) is 25.4. The third-order valence-corrected chi connectivity index (χ3v) is 17.2. The van der Waals surface area contributed by atoms with Gasteiger partial charge in [0, 0.05) is 34.6 Å². The first kappa shape index (κ1) is 40.6. The van der Waals surface area contributed by atoms with Crippen molar-refractivity contribution in [1.29, 1.82) is 0 Å². The predicted molar refractivity (Wildman–Crippen MR) is 281 cm³/mol. The fourth-order valence-corrected chi connectivity index (χ4v) is 14.0. The minimum atomic E-state index is -0.388. The molecule has 1 spiro atoms. The van der Waals surface area contributed by atoms with Gasteiger partial charge in [-0.1, -0.05) is 166 Å². The Labute approximate surface area is 398 Å². The van der Waals surface area contributed by atoms with E-state index in [1.54, 1.807) is 5.57 Å². The number of nitrogens with zero attached hydrogens (tertiary/aromatic N) is 2. The maximum absolute atomic E-state index is 2.68. The number of para-hydroxylation sites is 1. The van der Waals surface area contributed by atoms with Crippen molar-refractivity contribution >= 4 is 28.3 Å². The Morgan fingerprint density at radius 3 is 2.27 bits per heavy atom. The van der Waals surface area contributed by atoms with E-state index >= 15 is 0 Å². The van der Waals surface area contributed by atoms with E-state index in [0.717, 1.165) is 25.7 Å². The molecular formula is C65H60N2. The van der Waals surface area contributed by atoms with Crippen LogP contribution >= 0.6 is 0 Å². The molecule has 5 aromatic carbocycles. The molecule has 2 heteroatoms. The lowest BCUT2D eigenvalue weighted by Crippen LogP contribution is -2.36. The highest BCUT2D eigenvalue weighted by Crippen LogP contribution is 2.67. The molecule has 0 heterocycles. The van der Waals surface area contributed by atoms with Gasteiger partial charge in [0.1, 0.15) is 0 Å². The topological polar surface area (TPSA) is 6.48 Å². The van der Waals surface area contributed by atoms with E-state index < -0.39 is 0 Å². The molecule has 13 rings (SSSR count).